The SMILES string of the molecule is CC.CCOC(=O)NC(C)CC1CC1. The number of hydrogen-bond donors (Lipinski definition) is 1. The molecule has 1 atom stereocenters. The largest absolute Gasteiger partial charge is 0.450 e. The first-order valence-electron chi connectivity index (χ1n) is 5.65. The normalized spacial score (nSPS) is 16.3. The van der Waals surface area contributed by atoms with E-state index < -0.39 is 0 Å². The molecule has 0 aromatic rings. The zero-order chi connectivity index (χ0) is 11.0. The van der Waals surface area contributed by atoms with Crippen LogP contribution >= 0.6 is 0 Å². The zero-order valence-electron chi connectivity index (χ0n) is 9.80. The number of hydrogen-bond acceptors (Lipinski definition) is 2. The van der Waals surface area contributed by atoms with Crippen molar-refractivity contribution in [2.45, 2.75) is 53.0 Å². The van der Waals surface area contributed by atoms with Crippen LogP contribution < -0.4 is 5.32 Å². The second-order valence-electron chi connectivity index (χ2n) is 3.44. The molecule has 1 rings (SSSR count). The van der Waals surface area contributed by atoms with Crippen LogP contribution in [0.3, 0.4) is 0 Å². The lowest BCUT2D eigenvalue weighted by Gasteiger charge is -2.12. The van der Waals surface area contributed by atoms with E-state index in [1.54, 1.807) is 0 Å². The molecule has 0 radical (unpaired) electrons. The third-order valence-electron chi connectivity index (χ3n) is 2.02. The van der Waals surface area contributed by atoms with Gasteiger partial charge in [0.2, 0.25) is 0 Å². The van der Waals surface area contributed by atoms with E-state index in [0.29, 0.717) is 6.61 Å². The highest BCUT2D eigenvalue weighted by molar-refractivity contribution is 5.67. The Bertz CT molecular complexity index is 155. The second-order valence-corrected chi connectivity index (χ2v) is 3.44. The molecular weight excluding hydrogens is 178 g/mol. The Labute approximate surface area is 87.2 Å². The summed E-state index contributed by atoms with van der Waals surface area (Å²) in [5.74, 6) is 0.849. The fraction of sp³-hybridized carbons (Fsp3) is 0.909. The predicted octanol–water partition coefficient (Wildman–Crippen LogP) is 2.95. The Hall–Kier alpha value is -0.730. The van der Waals surface area contributed by atoms with Crippen molar-refractivity contribution < 1.29 is 9.53 Å². The van der Waals surface area contributed by atoms with Crippen molar-refractivity contribution in [1.82, 2.24) is 5.32 Å². The van der Waals surface area contributed by atoms with Crippen LogP contribution in [0.2, 0.25) is 0 Å². The van der Waals surface area contributed by atoms with Crippen molar-refractivity contribution in [3.05, 3.63) is 0 Å². The highest BCUT2D eigenvalue weighted by atomic mass is 16.5. The maximum atomic E-state index is 10.9. The van der Waals surface area contributed by atoms with E-state index in [2.05, 4.69) is 5.32 Å². The number of ether oxygens (including phenoxy) is 1. The Morgan fingerprint density at radius 2 is 2.07 bits per heavy atom. The van der Waals surface area contributed by atoms with Crippen LogP contribution in [0.25, 0.3) is 0 Å². The summed E-state index contributed by atoms with van der Waals surface area (Å²) in [5, 5.41) is 2.79. The first kappa shape index (κ1) is 13.3. The van der Waals surface area contributed by atoms with Gasteiger partial charge in [-0.25, -0.2) is 4.79 Å². The van der Waals surface area contributed by atoms with Crippen molar-refractivity contribution >= 4 is 6.09 Å². The maximum Gasteiger partial charge on any atom is 0.407 e. The van der Waals surface area contributed by atoms with Gasteiger partial charge in [0, 0.05) is 6.04 Å². The number of amides is 1. The molecule has 1 saturated carbocycles. The average molecular weight is 201 g/mol. The molecule has 84 valence electrons. The van der Waals surface area contributed by atoms with Gasteiger partial charge >= 0.3 is 6.09 Å². The summed E-state index contributed by atoms with van der Waals surface area (Å²) < 4.78 is 4.76. The zero-order valence-corrected chi connectivity index (χ0v) is 9.80. The lowest BCUT2D eigenvalue weighted by Crippen LogP contribution is -2.33. The van der Waals surface area contributed by atoms with Crippen LogP contribution in [0.4, 0.5) is 4.79 Å². The Balaban J connectivity index is 0.000000791. The standard InChI is InChI=1S/C9H17NO2.C2H6/c1-3-12-9(11)10-7(2)6-8-4-5-8;1-2/h7-8H,3-6H2,1-2H3,(H,10,11);1-2H3. The summed E-state index contributed by atoms with van der Waals surface area (Å²) in [7, 11) is 0. The fourth-order valence-corrected chi connectivity index (χ4v) is 1.29. The molecule has 1 unspecified atom stereocenters. The third-order valence-corrected chi connectivity index (χ3v) is 2.02. The maximum absolute atomic E-state index is 10.9. The molecule has 3 nitrogen and oxygen atoms in total. The van der Waals surface area contributed by atoms with Crippen molar-refractivity contribution in [2.24, 2.45) is 5.92 Å². The number of rotatable bonds is 4. The number of carbonyl (C=O) groups is 1. The highest BCUT2D eigenvalue weighted by Gasteiger charge is 2.24. The summed E-state index contributed by atoms with van der Waals surface area (Å²) in [5.41, 5.74) is 0. The summed E-state index contributed by atoms with van der Waals surface area (Å²) in [6.45, 7) is 8.28. The Morgan fingerprint density at radius 3 is 2.50 bits per heavy atom. The molecule has 0 aromatic carbocycles. The van der Waals surface area contributed by atoms with Crippen molar-refractivity contribution in [2.75, 3.05) is 6.61 Å². The Kier molecular flexibility index (Phi) is 7.25. The molecule has 0 heterocycles. The van der Waals surface area contributed by atoms with Crippen LogP contribution in [-0.4, -0.2) is 18.7 Å². The minimum atomic E-state index is -0.286. The minimum Gasteiger partial charge on any atom is -0.450 e. The van der Waals surface area contributed by atoms with Gasteiger partial charge in [0.15, 0.2) is 0 Å². The predicted molar refractivity (Wildman–Crippen MR) is 58.3 cm³/mol. The van der Waals surface area contributed by atoms with Gasteiger partial charge in [-0.15, -0.1) is 0 Å². The monoisotopic (exact) mass is 201 g/mol. The van der Waals surface area contributed by atoms with Gasteiger partial charge in [0.1, 0.15) is 0 Å². The highest BCUT2D eigenvalue weighted by Crippen LogP contribution is 2.33. The lowest BCUT2D eigenvalue weighted by molar-refractivity contribution is 0.148. The van der Waals surface area contributed by atoms with Gasteiger partial charge in [-0.3, -0.25) is 0 Å². The van der Waals surface area contributed by atoms with Crippen LogP contribution in [0.5, 0.6) is 0 Å². The van der Waals surface area contributed by atoms with E-state index in [1.165, 1.54) is 12.8 Å². The third kappa shape index (κ3) is 6.75. The number of nitrogens with one attached hydrogen (secondary N) is 1. The van der Waals surface area contributed by atoms with E-state index in [1.807, 2.05) is 27.7 Å². The van der Waals surface area contributed by atoms with E-state index in [-0.39, 0.29) is 12.1 Å². The molecule has 1 aliphatic rings. The topological polar surface area (TPSA) is 38.3 Å². The van der Waals surface area contributed by atoms with Crippen molar-refractivity contribution in [3.8, 4) is 0 Å². The lowest BCUT2D eigenvalue weighted by atomic mass is 10.2. The van der Waals surface area contributed by atoms with Crippen LogP contribution in [0.1, 0.15) is 47.0 Å². The van der Waals surface area contributed by atoms with Crippen LogP contribution in [0.15, 0.2) is 0 Å². The molecule has 0 aromatic heterocycles. The smallest absolute Gasteiger partial charge is 0.407 e. The average Bonchev–Trinajstić information content (AvgIpc) is 2.92. The van der Waals surface area contributed by atoms with Crippen molar-refractivity contribution in [3.63, 3.8) is 0 Å². The first-order chi connectivity index (χ1) is 6.72. The molecule has 1 aliphatic carbocycles. The molecule has 0 aliphatic heterocycles. The molecule has 3 heteroatoms. The summed E-state index contributed by atoms with van der Waals surface area (Å²) in [4.78, 5) is 10.9. The van der Waals surface area contributed by atoms with E-state index in [9.17, 15) is 4.79 Å². The summed E-state index contributed by atoms with van der Waals surface area (Å²) in [6.07, 6.45) is 3.47. The summed E-state index contributed by atoms with van der Waals surface area (Å²) in [6, 6.07) is 0.261. The van der Waals surface area contributed by atoms with E-state index in [0.717, 1.165) is 12.3 Å². The van der Waals surface area contributed by atoms with Gasteiger partial charge in [0.05, 0.1) is 6.61 Å². The van der Waals surface area contributed by atoms with Gasteiger partial charge in [-0.1, -0.05) is 26.7 Å². The molecule has 14 heavy (non-hydrogen) atoms. The van der Waals surface area contributed by atoms with Crippen LogP contribution in [0, 0.1) is 5.92 Å². The molecule has 1 amide bonds. The van der Waals surface area contributed by atoms with Gasteiger partial charge in [0.25, 0.3) is 0 Å². The van der Waals surface area contributed by atoms with Gasteiger partial charge < -0.3 is 10.1 Å². The van der Waals surface area contributed by atoms with E-state index in [4.69, 9.17) is 4.74 Å². The second kappa shape index (κ2) is 7.65. The molecule has 0 bridgehead atoms. The van der Waals surface area contributed by atoms with Gasteiger partial charge in [-0.05, 0) is 26.2 Å². The quantitative estimate of drug-likeness (QED) is 0.759. The van der Waals surface area contributed by atoms with Gasteiger partial charge in [-0.2, -0.15) is 0 Å². The van der Waals surface area contributed by atoms with E-state index >= 15 is 0 Å². The number of carbonyl (C=O) groups excluding carboxylic acids is 1. The van der Waals surface area contributed by atoms with Crippen molar-refractivity contribution in [1.29, 1.82) is 0 Å². The molecular formula is C11H23NO2. The molecule has 1 fully saturated rings. The molecule has 0 spiro atoms. The fourth-order valence-electron chi connectivity index (χ4n) is 1.29. The molecule has 1 N–H and O–H groups in total. The minimum absolute atomic E-state index is 0.261. The Morgan fingerprint density at radius 1 is 1.50 bits per heavy atom. The first-order valence-corrected chi connectivity index (χ1v) is 5.65. The summed E-state index contributed by atoms with van der Waals surface area (Å²) >= 11 is 0. The number of alkyl carbamates (subject to hydrolysis) is 1. The van der Waals surface area contributed by atoms with Crippen LogP contribution in [-0.2, 0) is 4.74 Å². The molecule has 0 saturated heterocycles.